The zero-order chi connectivity index (χ0) is 15.7. The minimum atomic E-state index is -3.45. The molecule has 0 aromatic heterocycles. The van der Waals surface area contributed by atoms with E-state index in [-0.39, 0.29) is 17.3 Å². The minimum Gasteiger partial charge on any atom is -0.344 e. The van der Waals surface area contributed by atoms with Crippen LogP contribution in [0.2, 0.25) is 0 Å². The van der Waals surface area contributed by atoms with Gasteiger partial charge >= 0.3 is 0 Å². The monoisotopic (exact) mass is 326 g/mol. The number of benzene rings is 1. The van der Waals surface area contributed by atoms with Gasteiger partial charge in [-0.3, -0.25) is 0 Å². The summed E-state index contributed by atoms with van der Waals surface area (Å²) in [6.07, 6.45) is 4.86. The Hall–Kier alpha value is -0.950. The normalized spacial score (nSPS) is 28.6. The number of rotatable bonds is 3. The minimum absolute atomic E-state index is 0.167. The highest BCUT2D eigenvalue weighted by molar-refractivity contribution is 7.91. The Kier molecular flexibility index (Phi) is 4.29. The maximum atomic E-state index is 12.5. The first kappa shape index (κ1) is 15.9. The summed E-state index contributed by atoms with van der Waals surface area (Å²) in [6.45, 7) is 1.93. The molecular weight excluding hydrogens is 304 g/mol. The summed E-state index contributed by atoms with van der Waals surface area (Å²) in [7, 11) is -3.45. The van der Waals surface area contributed by atoms with Gasteiger partial charge in [0.25, 0.3) is 0 Å². The van der Waals surface area contributed by atoms with Crippen LogP contribution in [0.4, 0.5) is 0 Å². The molecule has 1 aliphatic heterocycles. The van der Waals surface area contributed by atoms with E-state index in [2.05, 4.69) is 0 Å². The molecule has 1 atom stereocenters. The molecule has 22 heavy (non-hydrogen) atoms. The quantitative estimate of drug-likeness (QED) is 0.799. The third-order valence-electron chi connectivity index (χ3n) is 4.25. The Balaban J connectivity index is 1.68. The SMILES string of the molecule is CC1(CS(=O)(=O)c2ccccc2)COC2(CCCCC2)OO1. The fourth-order valence-corrected chi connectivity index (χ4v) is 4.68. The maximum Gasteiger partial charge on any atom is 0.201 e. The molecule has 0 N–H and O–H groups in total. The Morgan fingerprint density at radius 1 is 1.05 bits per heavy atom. The Morgan fingerprint density at radius 2 is 1.73 bits per heavy atom. The van der Waals surface area contributed by atoms with Gasteiger partial charge in [0.2, 0.25) is 5.79 Å². The van der Waals surface area contributed by atoms with Gasteiger partial charge in [0.1, 0.15) is 5.60 Å². The highest BCUT2D eigenvalue weighted by Gasteiger charge is 2.47. The highest BCUT2D eigenvalue weighted by Crippen LogP contribution is 2.38. The molecule has 2 aliphatic rings. The second-order valence-corrected chi connectivity index (χ2v) is 8.44. The van der Waals surface area contributed by atoms with Crippen molar-refractivity contribution in [3.8, 4) is 0 Å². The molecular formula is C16H22O5S. The van der Waals surface area contributed by atoms with Crippen molar-refractivity contribution < 1.29 is 22.9 Å². The van der Waals surface area contributed by atoms with Crippen LogP contribution in [0.3, 0.4) is 0 Å². The molecule has 6 heteroatoms. The van der Waals surface area contributed by atoms with Crippen molar-refractivity contribution >= 4 is 9.84 Å². The molecule has 1 aromatic rings. The van der Waals surface area contributed by atoms with Crippen LogP contribution < -0.4 is 0 Å². The summed E-state index contributed by atoms with van der Waals surface area (Å²) < 4.78 is 30.9. The molecule has 0 amide bonds. The van der Waals surface area contributed by atoms with Crippen LogP contribution >= 0.6 is 0 Å². The molecule has 1 saturated heterocycles. The van der Waals surface area contributed by atoms with Crippen LogP contribution in [0, 0.1) is 0 Å². The van der Waals surface area contributed by atoms with Crippen LogP contribution in [0.1, 0.15) is 39.0 Å². The summed E-state index contributed by atoms with van der Waals surface area (Å²) in [6, 6.07) is 8.39. The van der Waals surface area contributed by atoms with Crippen LogP contribution in [0.5, 0.6) is 0 Å². The van der Waals surface area contributed by atoms with E-state index in [1.807, 2.05) is 0 Å². The molecule has 0 bridgehead atoms. The molecule has 1 unspecified atom stereocenters. The van der Waals surface area contributed by atoms with E-state index in [0.29, 0.717) is 0 Å². The van der Waals surface area contributed by atoms with Gasteiger partial charge in [-0.15, -0.1) is 0 Å². The first-order valence-electron chi connectivity index (χ1n) is 7.72. The van der Waals surface area contributed by atoms with Crippen LogP contribution in [-0.2, 0) is 24.3 Å². The lowest BCUT2D eigenvalue weighted by atomic mass is 9.94. The Labute approximate surface area is 131 Å². The van der Waals surface area contributed by atoms with Crippen LogP contribution in [-0.4, -0.2) is 32.2 Å². The van der Waals surface area contributed by atoms with E-state index >= 15 is 0 Å². The van der Waals surface area contributed by atoms with Crippen molar-refractivity contribution in [2.45, 2.75) is 55.3 Å². The summed E-state index contributed by atoms with van der Waals surface area (Å²) in [5.41, 5.74) is -0.989. The molecule has 1 saturated carbocycles. The average Bonchev–Trinajstić information content (AvgIpc) is 2.52. The van der Waals surface area contributed by atoms with E-state index in [9.17, 15) is 8.42 Å². The van der Waals surface area contributed by atoms with Gasteiger partial charge in [-0.05, 0) is 31.9 Å². The molecule has 0 radical (unpaired) electrons. The topological polar surface area (TPSA) is 61.8 Å². The third-order valence-corrected chi connectivity index (χ3v) is 6.23. The predicted octanol–water partition coefficient (Wildman–Crippen LogP) is 2.86. The fraction of sp³-hybridized carbons (Fsp3) is 0.625. The second kappa shape index (κ2) is 5.92. The number of ether oxygens (including phenoxy) is 1. The highest BCUT2D eigenvalue weighted by atomic mass is 32.2. The van der Waals surface area contributed by atoms with Crippen molar-refractivity contribution in [2.24, 2.45) is 0 Å². The zero-order valence-corrected chi connectivity index (χ0v) is 13.6. The van der Waals surface area contributed by atoms with E-state index in [1.54, 1.807) is 37.3 Å². The smallest absolute Gasteiger partial charge is 0.201 e. The van der Waals surface area contributed by atoms with Crippen molar-refractivity contribution in [3.05, 3.63) is 30.3 Å². The van der Waals surface area contributed by atoms with E-state index < -0.39 is 21.2 Å². The molecule has 122 valence electrons. The Bertz CT molecular complexity index is 595. The van der Waals surface area contributed by atoms with Gasteiger partial charge in [-0.1, -0.05) is 24.6 Å². The van der Waals surface area contributed by atoms with Crippen molar-refractivity contribution in [1.29, 1.82) is 0 Å². The fourth-order valence-electron chi connectivity index (χ4n) is 3.01. The van der Waals surface area contributed by atoms with E-state index in [1.165, 1.54) is 6.42 Å². The van der Waals surface area contributed by atoms with Crippen molar-refractivity contribution in [1.82, 2.24) is 0 Å². The van der Waals surface area contributed by atoms with Gasteiger partial charge in [-0.2, -0.15) is 0 Å². The van der Waals surface area contributed by atoms with Crippen LogP contribution in [0.25, 0.3) is 0 Å². The third kappa shape index (κ3) is 3.35. The largest absolute Gasteiger partial charge is 0.344 e. The van der Waals surface area contributed by atoms with Gasteiger partial charge in [0.05, 0.1) is 17.3 Å². The average molecular weight is 326 g/mol. The molecule has 1 aromatic carbocycles. The summed E-state index contributed by atoms with van der Waals surface area (Å²) in [5.74, 6) is -0.839. The molecule has 5 nitrogen and oxygen atoms in total. The van der Waals surface area contributed by atoms with Crippen molar-refractivity contribution in [3.63, 3.8) is 0 Å². The summed E-state index contributed by atoms with van der Waals surface area (Å²) in [4.78, 5) is 11.3. The van der Waals surface area contributed by atoms with Crippen LogP contribution in [0.15, 0.2) is 35.2 Å². The van der Waals surface area contributed by atoms with Gasteiger partial charge in [-0.25, -0.2) is 18.2 Å². The first-order valence-corrected chi connectivity index (χ1v) is 9.37. The van der Waals surface area contributed by atoms with Gasteiger partial charge in [0.15, 0.2) is 9.84 Å². The summed E-state index contributed by atoms with van der Waals surface area (Å²) in [5, 5.41) is 0. The van der Waals surface area contributed by atoms with E-state index in [4.69, 9.17) is 14.5 Å². The van der Waals surface area contributed by atoms with E-state index in [0.717, 1.165) is 25.7 Å². The second-order valence-electron chi connectivity index (χ2n) is 6.45. The lowest BCUT2D eigenvalue weighted by Gasteiger charge is -2.44. The predicted molar refractivity (Wildman–Crippen MR) is 80.8 cm³/mol. The first-order chi connectivity index (χ1) is 10.4. The molecule has 2 fully saturated rings. The molecule has 1 spiro atoms. The summed E-state index contributed by atoms with van der Waals surface area (Å²) >= 11 is 0. The Morgan fingerprint density at radius 3 is 2.32 bits per heavy atom. The molecule has 1 aliphatic carbocycles. The lowest BCUT2D eigenvalue weighted by Crippen LogP contribution is -2.54. The zero-order valence-electron chi connectivity index (χ0n) is 12.8. The molecule has 3 rings (SSSR count). The maximum absolute atomic E-state index is 12.5. The standard InChI is InChI=1S/C16H22O5S/c1-15(13-22(17,18)14-8-4-2-5-9-14)12-19-16(21-20-15)10-6-3-7-11-16/h2,4-5,8-9H,3,6-7,10-13H2,1H3. The lowest BCUT2D eigenvalue weighted by molar-refractivity contribution is -0.510. The van der Waals surface area contributed by atoms with Crippen molar-refractivity contribution in [2.75, 3.05) is 12.4 Å². The van der Waals surface area contributed by atoms with Gasteiger partial charge < -0.3 is 4.74 Å². The number of sulfone groups is 1. The van der Waals surface area contributed by atoms with Gasteiger partial charge in [0, 0.05) is 12.8 Å². The number of hydrogen-bond donors (Lipinski definition) is 0. The number of hydrogen-bond acceptors (Lipinski definition) is 5. The molecule has 1 heterocycles.